The molecule has 2 saturated carbocycles. The van der Waals surface area contributed by atoms with Gasteiger partial charge in [-0.2, -0.15) is 0 Å². The molecule has 2 aliphatic carbocycles. The van der Waals surface area contributed by atoms with E-state index in [1.165, 1.54) is 0 Å². The minimum absolute atomic E-state index is 0.0729. The Balaban J connectivity index is 2.02. The summed E-state index contributed by atoms with van der Waals surface area (Å²) < 4.78 is 0. The van der Waals surface area contributed by atoms with E-state index in [9.17, 15) is 14.7 Å². The smallest absolute Gasteiger partial charge is 0.326 e. The summed E-state index contributed by atoms with van der Waals surface area (Å²) in [6.07, 6.45) is 3.92. The van der Waals surface area contributed by atoms with Gasteiger partial charge in [0, 0.05) is 6.04 Å². The van der Waals surface area contributed by atoms with Gasteiger partial charge in [-0.25, -0.2) is 4.79 Å². The highest BCUT2D eigenvalue weighted by atomic mass is 16.4. The van der Waals surface area contributed by atoms with Gasteiger partial charge in [0.05, 0.1) is 5.92 Å². The third-order valence-electron chi connectivity index (χ3n) is 5.06. The predicted molar refractivity (Wildman–Crippen MR) is 71.3 cm³/mol. The van der Waals surface area contributed by atoms with Crippen molar-refractivity contribution in [1.29, 1.82) is 0 Å². The molecule has 6 atom stereocenters. The van der Waals surface area contributed by atoms with E-state index in [1.54, 1.807) is 0 Å². The molecule has 0 radical (unpaired) electrons. The Bertz CT molecular complexity index is 370. The molecule has 2 aliphatic rings. The number of amides is 1. The van der Waals surface area contributed by atoms with Crippen molar-refractivity contribution in [2.75, 3.05) is 0 Å². The van der Waals surface area contributed by atoms with Crippen LogP contribution in [0.15, 0.2) is 0 Å². The number of carboxylic acids is 1. The Hall–Kier alpha value is -1.10. The zero-order valence-corrected chi connectivity index (χ0v) is 11.6. The lowest BCUT2D eigenvalue weighted by molar-refractivity contribution is -0.144. The first-order valence-corrected chi connectivity index (χ1v) is 7.24. The molecule has 5 nitrogen and oxygen atoms in total. The van der Waals surface area contributed by atoms with Gasteiger partial charge >= 0.3 is 5.97 Å². The van der Waals surface area contributed by atoms with Crippen LogP contribution in [0.3, 0.4) is 0 Å². The first-order chi connectivity index (χ1) is 8.95. The van der Waals surface area contributed by atoms with Crippen molar-refractivity contribution >= 4 is 11.9 Å². The zero-order valence-electron chi connectivity index (χ0n) is 11.6. The van der Waals surface area contributed by atoms with E-state index in [-0.39, 0.29) is 23.8 Å². The van der Waals surface area contributed by atoms with Crippen LogP contribution in [-0.2, 0) is 9.59 Å². The van der Waals surface area contributed by atoms with Crippen molar-refractivity contribution in [3.8, 4) is 0 Å². The van der Waals surface area contributed by atoms with Gasteiger partial charge < -0.3 is 16.2 Å². The summed E-state index contributed by atoms with van der Waals surface area (Å²) in [6, 6.07) is -0.894. The average molecular weight is 268 g/mol. The topological polar surface area (TPSA) is 92.4 Å². The summed E-state index contributed by atoms with van der Waals surface area (Å²) in [6.45, 7) is 3.77. The van der Waals surface area contributed by atoms with Crippen molar-refractivity contribution in [2.24, 2.45) is 29.4 Å². The Morgan fingerprint density at radius 3 is 2.47 bits per heavy atom. The Labute approximate surface area is 113 Å². The van der Waals surface area contributed by atoms with Crippen LogP contribution in [0.25, 0.3) is 0 Å². The van der Waals surface area contributed by atoms with Gasteiger partial charge in [-0.3, -0.25) is 4.79 Å². The lowest BCUT2D eigenvalue weighted by atomic mass is 9.84. The highest BCUT2D eigenvalue weighted by Gasteiger charge is 2.49. The number of nitrogens with two attached hydrogens (primary N) is 1. The fourth-order valence-corrected chi connectivity index (χ4v) is 3.66. The average Bonchev–Trinajstić information content (AvgIpc) is 2.94. The molecule has 1 amide bonds. The molecule has 0 aromatic heterocycles. The summed E-state index contributed by atoms with van der Waals surface area (Å²) in [7, 11) is 0. The predicted octanol–water partition coefficient (Wildman–Crippen LogP) is 0.975. The van der Waals surface area contributed by atoms with Crippen LogP contribution in [0.5, 0.6) is 0 Å². The molecule has 0 saturated heterocycles. The van der Waals surface area contributed by atoms with Gasteiger partial charge in [0.25, 0.3) is 0 Å². The maximum Gasteiger partial charge on any atom is 0.326 e. The summed E-state index contributed by atoms with van der Waals surface area (Å²) in [5.74, 6) is -0.577. The molecule has 0 spiro atoms. The largest absolute Gasteiger partial charge is 0.480 e. The van der Waals surface area contributed by atoms with E-state index >= 15 is 0 Å². The van der Waals surface area contributed by atoms with E-state index in [1.807, 2.05) is 13.8 Å². The third-order valence-corrected chi connectivity index (χ3v) is 5.06. The fraction of sp³-hybridized carbons (Fsp3) is 0.857. The molecule has 0 aromatic carbocycles. The third kappa shape index (κ3) is 2.61. The number of aliphatic carboxylic acids is 1. The minimum Gasteiger partial charge on any atom is -0.480 e. The highest BCUT2D eigenvalue weighted by molar-refractivity contribution is 5.86. The quantitative estimate of drug-likeness (QED) is 0.693. The summed E-state index contributed by atoms with van der Waals surface area (Å²) in [5, 5.41) is 11.9. The molecule has 2 fully saturated rings. The molecule has 2 rings (SSSR count). The number of hydrogen-bond donors (Lipinski definition) is 3. The van der Waals surface area contributed by atoms with Gasteiger partial charge in [0.1, 0.15) is 6.04 Å². The molecule has 2 bridgehead atoms. The second-order valence-corrected chi connectivity index (χ2v) is 6.15. The van der Waals surface area contributed by atoms with E-state index in [0.29, 0.717) is 11.8 Å². The lowest BCUT2D eigenvalue weighted by Crippen LogP contribution is -2.52. The van der Waals surface area contributed by atoms with Crippen LogP contribution in [0.2, 0.25) is 0 Å². The molecule has 0 aliphatic heterocycles. The Morgan fingerprint density at radius 2 is 2.00 bits per heavy atom. The number of nitrogens with one attached hydrogen (secondary N) is 1. The maximum atomic E-state index is 12.3. The van der Waals surface area contributed by atoms with Gasteiger partial charge in [0.15, 0.2) is 0 Å². The van der Waals surface area contributed by atoms with Crippen LogP contribution < -0.4 is 11.1 Å². The number of hydrogen-bond acceptors (Lipinski definition) is 3. The molecule has 4 N–H and O–H groups in total. The number of rotatable bonds is 5. The SMILES string of the molecule is CC[C@H](C)[C@H](NC(=O)C1C2CCC(C2)C1N)C(=O)O. The van der Waals surface area contributed by atoms with Crippen molar-refractivity contribution in [2.45, 2.75) is 51.6 Å². The Morgan fingerprint density at radius 1 is 1.37 bits per heavy atom. The molecule has 19 heavy (non-hydrogen) atoms. The van der Waals surface area contributed by atoms with Crippen molar-refractivity contribution in [1.82, 2.24) is 5.32 Å². The van der Waals surface area contributed by atoms with Crippen LogP contribution in [0, 0.1) is 23.7 Å². The molecule has 108 valence electrons. The maximum absolute atomic E-state index is 12.3. The molecule has 0 aromatic rings. The second-order valence-electron chi connectivity index (χ2n) is 6.15. The summed E-state index contributed by atoms with van der Waals surface area (Å²) in [4.78, 5) is 23.6. The number of fused-ring (bicyclic) bond motifs is 2. The highest BCUT2D eigenvalue weighted by Crippen LogP contribution is 2.47. The van der Waals surface area contributed by atoms with Crippen LogP contribution >= 0.6 is 0 Å². The molecular weight excluding hydrogens is 244 g/mol. The summed E-state index contributed by atoms with van der Waals surface area (Å²) >= 11 is 0. The van der Waals surface area contributed by atoms with Crippen molar-refractivity contribution < 1.29 is 14.7 Å². The zero-order chi connectivity index (χ0) is 14.2. The molecule has 0 heterocycles. The van der Waals surface area contributed by atoms with Gasteiger partial charge in [-0.15, -0.1) is 0 Å². The standard InChI is InChI=1S/C14H24N2O3/c1-3-7(2)12(14(18)19)16-13(17)10-8-4-5-9(6-8)11(10)15/h7-12H,3-6,15H2,1-2H3,(H,16,17)(H,18,19)/t7-,8?,9?,10?,11?,12-/m0/s1. The molecule has 5 heteroatoms. The lowest BCUT2D eigenvalue weighted by Gasteiger charge is -2.29. The van der Waals surface area contributed by atoms with E-state index in [0.717, 1.165) is 25.7 Å². The van der Waals surface area contributed by atoms with Gasteiger partial charge in [-0.1, -0.05) is 20.3 Å². The minimum atomic E-state index is -0.959. The van der Waals surface area contributed by atoms with Crippen molar-refractivity contribution in [3.05, 3.63) is 0 Å². The van der Waals surface area contributed by atoms with E-state index in [4.69, 9.17) is 5.73 Å². The van der Waals surface area contributed by atoms with Gasteiger partial charge in [0.2, 0.25) is 5.91 Å². The normalized spacial score (nSPS) is 35.9. The van der Waals surface area contributed by atoms with Crippen molar-refractivity contribution in [3.63, 3.8) is 0 Å². The van der Waals surface area contributed by atoms with E-state index < -0.39 is 12.0 Å². The summed E-state index contributed by atoms with van der Waals surface area (Å²) in [5.41, 5.74) is 6.12. The van der Waals surface area contributed by atoms with E-state index in [2.05, 4.69) is 5.32 Å². The van der Waals surface area contributed by atoms with Gasteiger partial charge in [-0.05, 0) is 37.0 Å². The number of carbonyl (C=O) groups is 2. The Kier molecular flexibility index (Phi) is 4.13. The second kappa shape index (κ2) is 5.49. The first kappa shape index (κ1) is 14.3. The van der Waals surface area contributed by atoms with Crippen LogP contribution in [-0.4, -0.2) is 29.1 Å². The monoisotopic (exact) mass is 268 g/mol. The number of carbonyl (C=O) groups excluding carboxylic acids is 1. The van der Waals surface area contributed by atoms with Crippen LogP contribution in [0.4, 0.5) is 0 Å². The fourth-order valence-electron chi connectivity index (χ4n) is 3.66. The first-order valence-electron chi connectivity index (χ1n) is 7.24. The molecule has 4 unspecified atom stereocenters. The van der Waals surface area contributed by atoms with Crippen LogP contribution in [0.1, 0.15) is 39.5 Å². The number of carboxylic acid groups (broad SMARTS) is 1. The molecular formula is C14H24N2O3.